The van der Waals surface area contributed by atoms with Crippen molar-refractivity contribution in [3.05, 3.63) is 95.3 Å². The standard InChI is InChI=1S/C23H22O5S/c24-22(16-27-29(25,26)17-18-8-2-1-3-9-18)28-21-12-4-5-13-23-14-6-10-19(21)20(23)11-7-15-23/h1-5,7-9,11-13,15H,6,10,14,16-17H2/b12-4-,13-5-,21-19+. The lowest BCUT2D eigenvalue weighted by atomic mass is 9.69. The van der Waals surface area contributed by atoms with E-state index in [1.54, 1.807) is 36.4 Å². The second-order valence-electron chi connectivity index (χ2n) is 7.32. The Morgan fingerprint density at radius 1 is 1.07 bits per heavy atom. The molecule has 0 N–H and O–H groups in total. The highest BCUT2D eigenvalue weighted by Crippen LogP contribution is 2.50. The third-order valence-corrected chi connectivity index (χ3v) is 6.48. The van der Waals surface area contributed by atoms with Crippen molar-refractivity contribution in [2.45, 2.75) is 25.0 Å². The van der Waals surface area contributed by atoms with Crippen molar-refractivity contribution >= 4 is 16.1 Å². The Morgan fingerprint density at radius 2 is 1.86 bits per heavy atom. The summed E-state index contributed by atoms with van der Waals surface area (Å²) in [6, 6.07) is 8.68. The van der Waals surface area contributed by atoms with E-state index >= 15 is 0 Å². The first kappa shape index (κ1) is 19.6. The molecular weight excluding hydrogens is 388 g/mol. The SMILES string of the molecule is O=C(COS(=O)(=O)Cc1ccccc1)OC1=C2\CCCC3(C=CC=C23)\C=C/C=C\1. The van der Waals surface area contributed by atoms with Gasteiger partial charge in [0.1, 0.15) is 11.5 Å². The van der Waals surface area contributed by atoms with E-state index in [1.165, 1.54) is 0 Å². The molecule has 3 aliphatic rings. The molecule has 5 nitrogen and oxygen atoms in total. The minimum absolute atomic E-state index is 0.133. The molecule has 1 unspecified atom stereocenters. The molecule has 1 aromatic rings. The van der Waals surface area contributed by atoms with Crippen LogP contribution in [0.2, 0.25) is 0 Å². The highest BCUT2D eigenvalue weighted by molar-refractivity contribution is 7.85. The molecule has 0 saturated heterocycles. The van der Waals surface area contributed by atoms with Gasteiger partial charge in [0.25, 0.3) is 10.1 Å². The van der Waals surface area contributed by atoms with Crippen LogP contribution in [0.5, 0.6) is 0 Å². The van der Waals surface area contributed by atoms with E-state index in [-0.39, 0.29) is 11.2 Å². The third-order valence-electron chi connectivity index (χ3n) is 5.32. The van der Waals surface area contributed by atoms with Crippen molar-refractivity contribution in [3.63, 3.8) is 0 Å². The van der Waals surface area contributed by atoms with Crippen LogP contribution < -0.4 is 0 Å². The van der Waals surface area contributed by atoms with E-state index in [0.29, 0.717) is 11.3 Å². The first-order valence-corrected chi connectivity index (χ1v) is 11.2. The molecular formula is C23H22O5S. The molecule has 29 heavy (non-hydrogen) atoms. The van der Waals surface area contributed by atoms with Crippen LogP contribution in [0.15, 0.2) is 89.8 Å². The Bertz CT molecular complexity index is 1060. The maximum absolute atomic E-state index is 12.3. The molecule has 0 aliphatic heterocycles. The van der Waals surface area contributed by atoms with Crippen LogP contribution in [0.3, 0.4) is 0 Å². The lowest BCUT2D eigenvalue weighted by molar-refractivity contribution is -0.141. The third kappa shape index (κ3) is 4.33. The van der Waals surface area contributed by atoms with Crippen LogP contribution in [0.25, 0.3) is 0 Å². The lowest BCUT2D eigenvalue weighted by Crippen LogP contribution is -2.24. The van der Waals surface area contributed by atoms with E-state index in [1.807, 2.05) is 18.2 Å². The molecule has 1 aromatic carbocycles. The van der Waals surface area contributed by atoms with E-state index < -0.39 is 22.7 Å². The monoisotopic (exact) mass is 410 g/mol. The Labute approximate surface area is 170 Å². The number of carbonyl (C=O) groups excluding carboxylic acids is 1. The predicted octanol–water partition coefficient (Wildman–Crippen LogP) is 4.12. The van der Waals surface area contributed by atoms with Gasteiger partial charge in [-0.3, -0.25) is 4.18 Å². The number of esters is 1. The summed E-state index contributed by atoms with van der Waals surface area (Å²) in [6.45, 7) is -0.655. The topological polar surface area (TPSA) is 69.7 Å². The van der Waals surface area contributed by atoms with Gasteiger partial charge in [-0.2, -0.15) is 8.42 Å². The molecule has 1 saturated carbocycles. The second-order valence-corrected chi connectivity index (χ2v) is 8.96. The summed E-state index contributed by atoms with van der Waals surface area (Å²) in [6.07, 6.45) is 16.8. The Balaban J connectivity index is 1.45. The minimum Gasteiger partial charge on any atom is -0.424 e. The number of rotatable bonds is 6. The largest absolute Gasteiger partial charge is 0.424 e. The molecule has 3 aliphatic carbocycles. The fourth-order valence-electron chi connectivity index (χ4n) is 4.01. The first-order chi connectivity index (χ1) is 14.0. The Hall–Kier alpha value is -2.70. The smallest absolute Gasteiger partial charge is 0.339 e. The van der Waals surface area contributed by atoms with Gasteiger partial charge in [-0.15, -0.1) is 0 Å². The van der Waals surface area contributed by atoms with Crippen molar-refractivity contribution in [2.75, 3.05) is 6.61 Å². The number of hydrogen-bond donors (Lipinski definition) is 0. The zero-order valence-electron chi connectivity index (χ0n) is 15.9. The first-order valence-electron chi connectivity index (χ1n) is 9.59. The molecule has 0 aromatic heterocycles. The number of carbonyl (C=O) groups is 1. The number of allylic oxidation sites excluding steroid dienone is 9. The zero-order chi connectivity index (χ0) is 20.3. The van der Waals surface area contributed by atoms with Crippen molar-refractivity contribution < 1.29 is 22.1 Å². The molecule has 0 heterocycles. The van der Waals surface area contributed by atoms with E-state index in [2.05, 4.69) is 18.2 Å². The normalized spacial score (nSPS) is 27.4. The summed E-state index contributed by atoms with van der Waals surface area (Å²) in [5.74, 6) is -0.565. The van der Waals surface area contributed by atoms with Gasteiger partial charge in [0.15, 0.2) is 6.61 Å². The summed E-state index contributed by atoms with van der Waals surface area (Å²) >= 11 is 0. The minimum atomic E-state index is -3.88. The van der Waals surface area contributed by atoms with Crippen LogP contribution in [-0.2, 0) is 29.6 Å². The van der Waals surface area contributed by atoms with E-state index in [4.69, 9.17) is 8.92 Å². The van der Waals surface area contributed by atoms with Gasteiger partial charge in [-0.1, -0.05) is 66.8 Å². The van der Waals surface area contributed by atoms with Crippen LogP contribution in [-0.4, -0.2) is 21.0 Å². The van der Waals surface area contributed by atoms with Gasteiger partial charge in [-0.05, 0) is 42.0 Å². The van der Waals surface area contributed by atoms with Gasteiger partial charge in [0.2, 0.25) is 0 Å². The van der Waals surface area contributed by atoms with Crippen LogP contribution in [0, 0.1) is 5.41 Å². The average molecular weight is 410 g/mol. The molecule has 0 radical (unpaired) electrons. The van der Waals surface area contributed by atoms with Crippen molar-refractivity contribution in [1.29, 1.82) is 0 Å². The molecule has 0 spiro atoms. The van der Waals surface area contributed by atoms with Gasteiger partial charge in [0.05, 0.1) is 0 Å². The quantitative estimate of drug-likeness (QED) is 0.521. The van der Waals surface area contributed by atoms with Crippen molar-refractivity contribution in [3.8, 4) is 0 Å². The maximum atomic E-state index is 12.3. The summed E-state index contributed by atoms with van der Waals surface area (Å²) in [7, 11) is -3.88. The maximum Gasteiger partial charge on any atom is 0.339 e. The summed E-state index contributed by atoms with van der Waals surface area (Å²) in [5.41, 5.74) is 2.60. The number of hydrogen-bond acceptors (Lipinski definition) is 5. The molecule has 1 atom stereocenters. The summed E-state index contributed by atoms with van der Waals surface area (Å²) < 4.78 is 34.7. The summed E-state index contributed by atoms with van der Waals surface area (Å²) in [4.78, 5) is 12.3. The van der Waals surface area contributed by atoms with Crippen molar-refractivity contribution in [1.82, 2.24) is 0 Å². The highest BCUT2D eigenvalue weighted by Gasteiger charge is 2.38. The van der Waals surface area contributed by atoms with Crippen molar-refractivity contribution in [2.24, 2.45) is 5.41 Å². The van der Waals surface area contributed by atoms with Crippen LogP contribution >= 0.6 is 0 Å². The molecule has 150 valence electrons. The molecule has 0 amide bonds. The lowest BCUT2D eigenvalue weighted by Gasteiger charge is -2.35. The zero-order valence-corrected chi connectivity index (χ0v) is 16.7. The molecule has 4 rings (SSSR count). The van der Waals surface area contributed by atoms with Gasteiger partial charge >= 0.3 is 5.97 Å². The van der Waals surface area contributed by atoms with Gasteiger partial charge in [-0.25, -0.2) is 4.79 Å². The average Bonchev–Trinajstić information content (AvgIpc) is 3.12. The van der Waals surface area contributed by atoms with E-state index in [9.17, 15) is 13.2 Å². The Morgan fingerprint density at radius 3 is 2.69 bits per heavy atom. The van der Waals surface area contributed by atoms with Crippen LogP contribution in [0.1, 0.15) is 24.8 Å². The fourth-order valence-corrected chi connectivity index (χ4v) is 4.97. The van der Waals surface area contributed by atoms with E-state index in [0.717, 1.165) is 30.4 Å². The molecule has 2 bridgehead atoms. The second kappa shape index (κ2) is 7.97. The number of ether oxygens (including phenoxy) is 1. The van der Waals surface area contributed by atoms with Crippen LogP contribution in [0.4, 0.5) is 0 Å². The highest BCUT2D eigenvalue weighted by atomic mass is 32.2. The van der Waals surface area contributed by atoms with Gasteiger partial charge < -0.3 is 4.74 Å². The predicted molar refractivity (Wildman–Crippen MR) is 110 cm³/mol. The number of benzene rings is 1. The molecule has 1 fully saturated rings. The Kier molecular flexibility index (Phi) is 5.39. The molecule has 6 heteroatoms. The summed E-state index contributed by atoms with van der Waals surface area (Å²) in [5, 5.41) is 0. The fraction of sp³-hybridized carbons (Fsp3) is 0.261. The van der Waals surface area contributed by atoms with Gasteiger partial charge in [0, 0.05) is 5.41 Å².